The summed E-state index contributed by atoms with van der Waals surface area (Å²) >= 11 is 0. The number of aliphatic hydroxyl groups excluding tert-OH is 1. The van der Waals surface area contributed by atoms with Gasteiger partial charge in [-0.05, 0) is 43.2 Å². The van der Waals surface area contributed by atoms with Crippen LogP contribution in [-0.4, -0.2) is 38.2 Å². The molecule has 2 saturated carbocycles. The highest BCUT2D eigenvalue weighted by Gasteiger charge is 2.47. The van der Waals surface area contributed by atoms with Crippen LogP contribution >= 0.6 is 0 Å². The van der Waals surface area contributed by atoms with E-state index in [1.807, 2.05) is 6.20 Å². The zero-order valence-electron chi connectivity index (χ0n) is 12.8. The Bertz CT molecular complexity index is 683. The molecule has 4 atom stereocenters. The largest absolute Gasteiger partial charge is 0.396 e. The Morgan fingerprint density at radius 1 is 1.35 bits per heavy atom. The molecular formula is C17H20N4O2. The summed E-state index contributed by atoms with van der Waals surface area (Å²) in [5, 5.41) is 12.7. The number of nitrogens with one attached hydrogen (secondary N) is 1. The number of nitrogens with zero attached hydrogens (tertiary/aromatic N) is 3. The Morgan fingerprint density at radius 2 is 2.22 bits per heavy atom. The highest BCUT2D eigenvalue weighted by atomic mass is 16.3. The van der Waals surface area contributed by atoms with Gasteiger partial charge in [0.05, 0.1) is 5.56 Å². The molecule has 1 amide bonds. The summed E-state index contributed by atoms with van der Waals surface area (Å²) in [7, 11) is 0. The Kier molecular flexibility index (Phi) is 3.61. The lowest BCUT2D eigenvalue weighted by Gasteiger charge is -2.30. The molecule has 0 spiro atoms. The number of hydrogen-bond donors (Lipinski definition) is 2. The first-order valence-corrected chi connectivity index (χ1v) is 8.12. The average molecular weight is 312 g/mol. The van der Waals surface area contributed by atoms with Gasteiger partial charge in [-0.2, -0.15) is 0 Å². The van der Waals surface area contributed by atoms with Crippen LogP contribution in [0.3, 0.4) is 0 Å². The van der Waals surface area contributed by atoms with Crippen molar-refractivity contribution in [1.29, 1.82) is 0 Å². The topological polar surface area (TPSA) is 80.0 Å². The Hall–Kier alpha value is -2.21. The lowest BCUT2D eigenvalue weighted by molar-refractivity contribution is 0.0861. The standard InChI is InChI=1S/C17H20N4O2/c22-9-14-11-1-2-12(7-11)16(14)20-17(23)13-3-4-15(19-8-13)21-6-5-18-10-21/h3-6,8,10-12,14,16,22H,1-2,7,9H2,(H,20,23). The van der Waals surface area contributed by atoms with Crippen LogP contribution in [0.5, 0.6) is 0 Å². The summed E-state index contributed by atoms with van der Waals surface area (Å²) in [6, 6.07) is 3.68. The van der Waals surface area contributed by atoms with Gasteiger partial charge in [-0.15, -0.1) is 0 Å². The fourth-order valence-electron chi connectivity index (χ4n) is 4.20. The summed E-state index contributed by atoms with van der Waals surface area (Å²) in [5.74, 6) is 1.91. The molecule has 0 radical (unpaired) electrons. The highest BCUT2D eigenvalue weighted by molar-refractivity contribution is 5.94. The zero-order valence-corrected chi connectivity index (χ0v) is 12.8. The molecule has 2 aliphatic rings. The second-order valence-corrected chi connectivity index (χ2v) is 6.55. The van der Waals surface area contributed by atoms with Gasteiger partial charge in [-0.1, -0.05) is 0 Å². The third-order valence-electron chi connectivity index (χ3n) is 5.38. The quantitative estimate of drug-likeness (QED) is 0.894. The van der Waals surface area contributed by atoms with Gasteiger partial charge in [0.15, 0.2) is 0 Å². The van der Waals surface area contributed by atoms with E-state index in [2.05, 4.69) is 15.3 Å². The van der Waals surface area contributed by atoms with Crippen molar-refractivity contribution >= 4 is 5.91 Å². The molecule has 6 nitrogen and oxygen atoms in total. The predicted octanol–water partition coefficient (Wildman–Crippen LogP) is 1.40. The van der Waals surface area contributed by atoms with Gasteiger partial charge in [-0.25, -0.2) is 9.97 Å². The summed E-state index contributed by atoms with van der Waals surface area (Å²) in [6.07, 6.45) is 10.2. The molecule has 4 rings (SSSR count). The average Bonchev–Trinajstić information content (AvgIpc) is 3.32. The molecule has 23 heavy (non-hydrogen) atoms. The molecule has 2 aromatic rings. The molecule has 2 fully saturated rings. The van der Waals surface area contributed by atoms with Gasteiger partial charge in [-0.3, -0.25) is 9.36 Å². The monoisotopic (exact) mass is 312 g/mol. The van der Waals surface area contributed by atoms with Crippen LogP contribution < -0.4 is 5.32 Å². The van der Waals surface area contributed by atoms with Gasteiger partial charge in [0, 0.05) is 37.2 Å². The highest BCUT2D eigenvalue weighted by Crippen LogP contribution is 2.48. The molecule has 2 bridgehead atoms. The van der Waals surface area contributed by atoms with E-state index in [4.69, 9.17) is 0 Å². The first kappa shape index (κ1) is 14.4. The van der Waals surface area contributed by atoms with Crippen molar-refractivity contribution in [2.24, 2.45) is 17.8 Å². The SMILES string of the molecule is O=C(NC1C2CCC(C2)C1CO)c1ccc(-n2ccnc2)nc1. The van der Waals surface area contributed by atoms with Crippen LogP contribution in [0.2, 0.25) is 0 Å². The lowest BCUT2D eigenvalue weighted by atomic mass is 9.85. The van der Waals surface area contributed by atoms with E-state index in [0.29, 0.717) is 17.4 Å². The minimum Gasteiger partial charge on any atom is -0.396 e. The Labute approximate surface area is 134 Å². The van der Waals surface area contributed by atoms with Crippen molar-refractivity contribution in [2.75, 3.05) is 6.61 Å². The Balaban J connectivity index is 1.47. The van der Waals surface area contributed by atoms with Crippen LogP contribution in [-0.2, 0) is 0 Å². The number of aromatic nitrogens is 3. The van der Waals surface area contributed by atoms with Gasteiger partial charge >= 0.3 is 0 Å². The number of hydrogen-bond acceptors (Lipinski definition) is 4. The smallest absolute Gasteiger partial charge is 0.253 e. The molecule has 2 heterocycles. The summed E-state index contributed by atoms with van der Waals surface area (Å²) < 4.78 is 1.79. The number of pyridine rings is 1. The number of aliphatic hydroxyl groups is 1. The van der Waals surface area contributed by atoms with E-state index >= 15 is 0 Å². The molecule has 120 valence electrons. The minimum absolute atomic E-state index is 0.0968. The molecular weight excluding hydrogens is 292 g/mol. The maximum atomic E-state index is 12.5. The number of amides is 1. The van der Waals surface area contributed by atoms with Crippen LogP contribution in [0.4, 0.5) is 0 Å². The molecule has 0 saturated heterocycles. The predicted molar refractivity (Wildman–Crippen MR) is 84.0 cm³/mol. The molecule has 2 aliphatic carbocycles. The van der Waals surface area contributed by atoms with Gasteiger partial charge in [0.25, 0.3) is 5.91 Å². The first-order valence-electron chi connectivity index (χ1n) is 8.12. The van der Waals surface area contributed by atoms with Crippen molar-refractivity contribution < 1.29 is 9.90 Å². The molecule has 6 heteroatoms. The van der Waals surface area contributed by atoms with E-state index < -0.39 is 0 Å². The normalized spacial score (nSPS) is 28.9. The number of carbonyl (C=O) groups excluding carboxylic acids is 1. The second kappa shape index (κ2) is 5.77. The van der Waals surface area contributed by atoms with Crippen LogP contribution in [0, 0.1) is 17.8 Å². The lowest BCUT2D eigenvalue weighted by Crippen LogP contribution is -2.45. The van der Waals surface area contributed by atoms with Crippen LogP contribution in [0.1, 0.15) is 29.6 Å². The maximum absolute atomic E-state index is 12.5. The van der Waals surface area contributed by atoms with Crippen molar-refractivity contribution in [3.63, 3.8) is 0 Å². The zero-order chi connectivity index (χ0) is 15.8. The molecule has 4 unspecified atom stereocenters. The third kappa shape index (κ3) is 2.53. The van der Waals surface area contributed by atoms with E-state index in [-0.39, 0.29) is 24.5 Å². The molecule has 2 N–H and O–H groups in total. The van der Waals surface area contributed by atoms with E-state index in [1.165, 1.54) is 6.42 Å². The molecule has 2 aromatic heterocycles. The number of rotatable bonds is 4. The van der Waals surface area contributed by atoms with Crippen molar-refractivity contribution in [2.45, 2.75) is 25.3 Å². The van der Waals surface area contributed by atoms with Crippen molar-refractivity contribution in [3.05, 3.63) is 42.6 Å². The summed E-state index contributed by atoms with van der Waals surface area (Å²) in [4.78, 5) is 20.8. The summed E-state index contributed by atoms with van der Waals surface area (Å²) in [5.41, 5.74) is 0.549. The molecule has 0 aromatic carbocycles. The minimum atomic E-state index is -0.106. The van der Waals surface area contributed by atoms with Crippen molar-refractivity contribution in [1.82, 2.24) is 19.9 Å². The fourth-order valence-corrected chi connectivity index (χ4v) is 4.20. The maximum Gasteiger partial charge on any atom is 0.253 e. The Morgan fingerprint density at radius 3 is 2.91 bits per heavy atom. The molecule has 0 aliphatic heterocycles. The number of carbonyl (C=O) groups is 1. The number of imidazole rings is 1. The third-order valence-corrected chi connectivity index (χ3v) is 5.38. The fraction of sp³-hybridized carbons (Fsp3) is 0.471. The first-order chi connectivity index (χ1) is 11.3. The van der Waals surface area contributed by atoms with E-state index in [1.54, 1.807) is 35.4 Å². The van der Waals surface area contributed by atoms with Gasteiger partial charge in [0.1, 0.15) is 12.1 Å². The van der Waals surface area contributed by atoms with E-state index in [9.17, 15) is 9.90 Å². The summed E-state index contributed by atoms with van der Waals surface area (Å²) in [6.45, 7) is 0.157. The number of fused-ring (bicyclic) bond motifs is 2. The van der Waals surface area contributed by atoms with E-state index in [0.717, 1.165) is 18.7 Å². The van der Waals surface area contributed by atoms with Gasteiger partial charge < -0.3 is 10.4 Å². The second-order valence-electron chi connectivity index (χ2n) is 6.55. The van der Waals surface area contributed by atoms with Gasteiger partial charge in [0.2, 0.25) is 0 Å². The van der Waals surface area contributed by atoms with Crippen LogP contribution in [0.15, 0.2) is 37.1 Å². The van der Waals surface area contributed by atoms with Crippen LogP contribution in [0.25, 0.3) is 5.82 Å². The van der Waals surface area contributed by atoms with Crippen molar-refractivity contribution in [3.8, 4) is 5.82 Å².